The van der Waals surface area contributed by atoms with Gasteiger partial charge in [-0.2, -0.15) is 5.48 Å². The third-order valence-electron chi connectivity index (χ3n) is 8.45. The lowest BCUT2D eigenvalue weighted by Gasteiger charge is -2.35. The number of nitrogens with two attached hydrogens (primary N) is 1. The molecule has 5 N–H and O–H groups in total. The summed E-state index contributed by atoms with van der Waals surface area (Å²) in [5, 5.41) is 6.48. The van der Waals surface area contributed by atoms with Gasteiger partial charge in [0.25, 0.3) is 0 Å². The molecule has 0 amide bonds. The number of hydroxylamine groups is 1. The number of piperidine rings is 1. The molecular formula is C22H43N5O+2. The highest BCUT2D eigenvalue weighted by Crippen LogP contribution is 2.25. The van der Waals surface area contributed by atoms with Crippen LogP contribution in [0.4, 0.5) is 0 Å². The Morgan fingerprint density at radius 1 is 0.964 bits per heavy atom. The molecule has 5 unspecified atom stereocenters. The summed E-state index contributed by atoms with van der Waals surface area (Å²) in [5.41, 5.74) is 3.43. The first-order valence-electron chi connectivity index (χ1n) is 12.5. The van der Waals surface area contributed by atoms with E-state index in [-0.39, 0.29) is 6.23 Å². The molecule has 5 aliphatic rings. The lowest BCUT2D eigenvalue weighted by atomic mass is 9.88. The standard InChI is InChI=1S/C22H41N5O/c1-2-7-17(8-3-1)16-27-14-6-9-19(27)22-24-21(25-28-22)18-10-11-23-20(15-18)26-12-4-5-13-26/h17-25H,1-16H2/p+2/t18?,19-,20?,21?,22?/m0/s1. The summed E-state index contributed by atoms with van der Waals surface area (Å²) in [7, 11) is 0. The minimum Gasteiger partial charge on any atom is -0.331 e. The highest BCUT2D eigenvalue weighted by Gasteiger charge is 2.44. The van der Waals surface area contributed by atoms with Gasteiger partial charge in [-0.1, -0.05) is 19.3 Å². The number of hydrogen-bond acceptors (Lipinski definition) is 4. The van der Waals surface area contributed by atoms with Gasteiger partial charge in [-0.3, -0.25) is 15.1 Å². The van der Waals surface area contributed by atoms with E-state index in [9.17, 15) is 0 Å². The number of quaternary nitrogens is 2. The van der Waals surface area contributed by atoms with Crippen molar-refractivity contribution in [3.05, 3.63) is 0 Å². The van der Waals surface area contributed by atoms with Crippen LogP contribution in [0.2, 0.25) is 0 Å². The van der Waals surface area contributed by atoms with E-state index in [2.05, 4.69) is 21.0 Å². The molecule has 4 heterocycles. The molecule has 0 aromatic carbocycles. The predicted octanol–water partition coefficient (Wildman–Crippen LogP) is -0.214. The molecule has 4 saturated heterocycles. The van der Waals surface area contributed by atoms with Crippen LogP contribution in [-0.4, -0.2) is 62.2 Å². The van der Waals surface area contributed by atoms with Gasteiger partial charge in [-0.25, -0.2) is 0 Å². The van der Waals surface area contributed by atoms with E-state index in [1.54, 1.807) is 0 Å². The highest BCUT2D eigenvalue weighted by atomic mass is 16.7. The van der Waals surface area contributed by atoms with E-state index >= 15 is 0 Å². The van der Waals surface area contributed by atoms with Crippen molar-refractivity contribution < 1.29 is 15.1 Å². The van der Waals surface area contributed by atoms with Crippen LogP contribution in [0.1, 0.15) is 70.6 Å². The molecule has 28 heavy (non-hydrogen) atoms. The van der Waals surface area contributed by atoms with Crippen molar-refractivity contribution in [1.82, 2.24) is 15.7 Å². The van der Waals surface area contributed by atoms with E-state index in [0.29, 0.717) is 24.3 Å². The molecule has 0 bridgehead atoms. The lowest BCUT2D eigenvalue weighted by molar-refractivity contribution is -0.919. The van der Waals surface area contributed by atoms with Gasteiger partial charge in [0.2, 0.25) is 0 Å². The summed E-state index contributed by atoms with van der Waals surface area (Å²) < 4.78 is 0. The first-order chi connectivity index (χ1) is 13.9. The van der Waals surface area contributed by atoms with Crippen LogP contribution >= 0.6 is 0 Å². The van der Waals surface area contributed by atoms with Crippen molar-refractivity contribution in [3.8, 4) is 0 Å². The SMILES string of the molecule is C1CCC(C[NH+]2CCC[C@H]2C2NC(C3CC[NH2+]C(N4CCCC4)C3)NO2)CC1. The van der Waals surface area contributed by atoms with E-state index in [1.165, 1.54) is 103 Å². The van der Waals surface area contributed by atoms with E-state index in [0.717, 1.165) is 5.92 Å². The topological polar surface area (TPSA) is 57.6 Å². The largest absolute Gasteiger partial charge is 0.331 e. The van der Waals surface area contributed by atoms with Crippen molar-refractivity contribution in [1.29, 1.82) is 0 Å². The molecule has 5 fully saturated rings. The monoisotopic (exact) mass is 393 g/mol. The van der Waals surface area contributed by atoms with Gasteiger partial charge >= 0.3 is 0 Å². The van der Waals surface area contributed by atoms with Gasteiger partial charge in [0, 0.05) is 50.6 Å². The Labute approximate surface area is 171 Å². The fourth-order valence-electron chi connectivity index (χ4n) is 6.84. The van der Waals surface area contributed by atoms with Crippen molar-refractivity contribution in [2.45, 2.75) is 95.2 Å². The molecule has 5 rings (SSSR count). The molecule has 6 heteroatoms. The highest BCUT2D eigenvalue weighted by molar-refractivity contribution is 4.85. The summed E-state index contributed by atoms with van der Waals surface area (Å²) in [6.07, 6.45) is 16.6. The van der Waals surface area contributed by atoms with Gasteiger partial charge in [0.15, 0.2) is 6.23 Å². The third kappa shape index (κ3) is 4.42. The van der Waals surface area contributed by atoms with Crippen LogP contribution in [-0.2, 0) is 4.84 Å². The van der Waals surface area contributed by atoms with Crippen LogP contribution in [0.5, 0.6) is 0 Å². The van der Waals surface area contributed by atoms with Crippen molar-refractivity contribution >= 4 is 0 Å². The number of hydrogen-bond donors (Lipinski definition) is 4. The van der Waals surface area contributed by atoms with Crippen LogP contribution in [0.3, 0.4) is 0 Å². The molecule has 0 aromatic rings. The van der Waals surface area contributed by atoms with Crippen molar-refractivity contribution in [3.63, 3.8) is 0 Å². The van der Waals surface area contributed by atoms with Crippen LogP contribution in [0, 0.1) is 11.8 Å². The molecule has 1 aliphatic carbocycles. The van der Waals surface area contributed by atoms with Crippen LogP contribution < -0.4 is 21.0 Å². The summed E-state index contributed by atoms with van der Waals surface area (Å²) in [6.45, 7) is 6.61. The fourth-order valence-corrected chi connectivity index (χ4v) is 6.84. The summed E-state index contributed by atoms with van der Waals surface area (Å²) >= 11 is 0. The second kappa shape index (κ2) is 9.27. The predicted molar refractivity (Wildman–Crippen MR) is 109 cm³/mol. The van der Waals surface area contributed by atoms with Crippen molar-refractivity contribution in [2.24, 2.45) is 11.8 Å². The Morgan fingerprint density at radius 2 is 1.82 bits per heavy atom. The summed E-state index contributed by atoms with van der Waals surface area (Å²) in [5.74, 6) is 1.66. The maximum Gasteiger partial charge on any atom is 0.183 e. The van der Waals surface area contributed by atoms with Gasteiger partial charge in [0.05, 0.1) is 25.8 Å². The van der Waals surface area contributed by atoms with Gasteiger partial charge in [0.1, 0.15) is 12.2 Å². The van der Waals surface area contributed by atoms with E-state index < -0.39 is 0 Å². The molecule has 6 atom stereocenters. The van der Waals surface area contributed by atoms with E-state index in [1.807, 2.05) is 4.90 Å². The molecule has 1 saturated carbocycles. The summed E-state index contributed by atoms with van der Waals surface area (Å²) in [6, 6.07) is 0.643. The van der Waals surface area contributed by atoms with Gasteiger partial charge in [-0.05, 0) is 25.7 Å². The normalized spacial score (nSPS) is 43.7. The van der Waals surface area contributed by atoms with Crippen LogP contribution in [0.25, 0.3) is 0 Å². The molecule has 6 nitrogen and oxygen atoms in total. The minimum absolute atomic E-state index is 0.210. The zero-order valence-electron chi connectivity index (χ0n) is 17.7. The Morgan fingerprint density at radius 3 is 2.68 bits per heavy atom. The second-order valence-corrected chi connectivity index (χ2v) is 10.3. The molecular weight excluding hydrogens is 350 g/mol. The van der Waals surface area contributed by atoms with Crippen molar-refractivity contribution in [2.75, 3.05) is 32.7 Å². The maximum absolute atomic E-state index is 6.18. The molecule has 0 aromatic heterocycles. The minimum atomic E-state index is 0.210. The zero-order chi connectivity index (χ0) is 18.8. The van der Waals surface area contributed by atoms with Crippen LogP contribution in [0.15, 0.2) is 0 Å². The lowest BCUT2D eigenvalue weighted by Crippen LogP contribution is -3.15. The quantitative estimate of drug-likeness (QED) is 0.522. The summed E-state index contributed by atoms with van der Waals surface area (Å²) in [4.78, 5) is 10.7. The van der Waals surface area contributed by atoms with Gasteiger partial charge in [-0.15, -0.1) is 0 Å². The molecule has 0 spiro atoms. The molecule has 160 valence electrons. The fraction of sp³-hybridized carbons (Fsp3) is 1.00. The third-order valence-corrected chi connectivity index (χ3v) is 8.45. The average Bonchev–Trinajstić information content (AvgIpc) is 3.50. The van der Waals surface area contributed by atoms with E-state index in [4.69, 9.17) is 4.84 Å². The maximum atomic E-state index is 6.18. The Bertz CT molecular complexity index is 493. The Balaban J connectivity index is 1.14. The number of nitrogens with one attached hydrogen (secondary N) is 3. The first kappa shape index (κ1) is 19.7. The number of rotatable bonds is 5. The number of nitrogens with zero attached hydrogens (tertiary/aromatic N) is 1. The first-order valence-corrected chi connectivity index (χ1v) is 12.5. The smallest absolute Gasteiger partial charge is 0.183 e. The van der Waals surface area contributed by atoms with Gasteiger partial charge < -0.3 is 10.2 Å². The zero-order valence-corrected chi connectivity index (χ0v) is 17.7. The second-order valence-electron chi connectivity index (χ2n) is 10.3. The number of likely N-dealkylation sites (tertiary alicyclic amines) is 2. The molecule has 0 radical (unpaired) electrons. The Kier molecular flexibility index (Phi) is 6.53. The average molecular weight is 394 g/mol. The molecule has 4 aliphatic heterocycles. The Hall–Kier alpha value is -0.240.